The van der Waals surface area contributed by atoms with Crippen LogP contribution < -0.4 is 14.9 Å². The van der Waals surface area contributed by atoms with E-state index < -0.39 is 7.12 Å². The lowest BCUT2D eigenvalue weighted by Crippen LogP contribution is -2.58. The summed E-state index contributed by atoms with van der Waals surface area (Å²) in [4.78, 5) is 1.10. The van der Waals surface area contributed by atoms with Gasteiger partial charge in [-0.25, -0.2) is 0 Å². The fraction of sp³-hybridized carbons (Fsp3) is 0.455. The largest absolute Gasteiger partial charge is 0.499 e. The summed E-state index contributed by atoms with van der Waals surface area (Å²) in [5.74, 6) is 1.63. The van der Waals surface area contributed by atoms with E-state index in [1.807, 2.05) is 36.4 Å². The van der Waals surface area contributed by atoms with E-state index in [9.17, 15) is 0 Å². The van der Waals surface area contributed by atoms with E-state index in [1.54, 1.807) is 18.9 Å². The van der Waals surface area contributed by atoms with Gasteiger partial charge < -0.3 is 18.8 Å². The van der Waals surface area contributed by atoms with Gasteiger partial charge in [0.25, 0.3) is 0 Å². The molecule has 0 aromatic heterocycles. The van der Waals surface area contributed by atoms with E-state index in [0.717, 1.165) is 27.4 Å². The van der Waals surface area contributed by atoms with Gasteiger partial charge in [-0.3, -0.25) is 0 Å². The smallest absolute Gasteiger partial charge is 0.497 e. The minimum absolute atomic E-state index is 0.0675. The van der Waals surface area contributed by atoms with Gasteiger partial charge in [-0.1, -0.05) is 32.0 Å². The van der Waals surface area contributed by atoms with Crippen molar-refractivity contribution < 1.29 is 18.8 Å². The molecule has 2 aromatic carbocycles. The maximum absolute atomic E-state index is 6.41. The van der Waals surface area contributed by atoms with Crippen LogP contribution in [0.15, 0.2) is 47.4 Å². The molecule has 0 saturated carbocycles. The van der Waals surface area contributed by atoms with E-state index in [0.29, 0.717) is 13.2 Å². The van der Waals surface area contributed by atoms with E-state index in [1.165, 1.54) is 0 Å². The molecule has 0 N–H and O–H groups in total. The average Bonchev–Trinajstić information content (AvgIpc) is 2.68. The highest BCUT2D eigenvalue weighted by Crippen LogP contribution is 2.39. The first-order chi connectivity index (χ1) is 13.3. The number of benzene rings is 2. The number of methoxy groups -OCH3 is 1. The molecule has 3 rings (SSSR count). The molecule has 28 heavy (non-hydrogen) atoms. The van der Waals surface area contributed by atoms with Crippen LogP contribution >= 0.6 is 11.8 Å². The predicted molar refractivity (Wildman–Crippen MR) is 116 cm³/mol. The molecule has 1 aliphatic rings. The summed E-state index contributed by atoms with van der Waals surface area (Å²) in [7, 11) is 1.22. The summed E-state index contributed by atoms with van der Waals surface area (Å²) in [5, 5.41) is 0. The first-order valence-electron chi connectivity index (χ1n) is 9.49. The van der Waals surface area contributed by atoms with Crippen LogP contribution in [0.2, 0.25) is 0 Å². The van der Waals surface area contributed by atoms with Gasteiger partial charge in [0.05, 0.1) is 12.7 Å². The summed E-state index contributed by atoms with van der Waals surface area (Å²) in [6.45, 7) is 9.70. The predicted octanol–water partition coefficient (Wildman–Crippen LogP) is 4.54. The minimum Gasteiger partial charge on any atom is -0.497 e. The normalized spacial score (nSPS) is 18.0. The molecule has 0 radical (unpaired) electrons. The molecule has 1 aliphatic heterocycles. The maximum atomic E-state index is 6.41. The van der Waals surface area contributed by atoms with Crippen LogP contribution in [0, 0.1) is 5.41 Å². The lowest BCUT2D eigenvalue weighted by Gasteiger charge is -2.47. The van der Waals surface area contributed by atoms with Crippen LogP contribution in [-0.4, -0.2) is 32.7 Å². The second-order valence-corrected chi connectivity index (χ2v) is 9.01. The highest BCUT2D eigenvalue weighted by molar-refractivity contribution is 7.98. The molecule has 4 nitrogen and oxygen atoms in total. The molecule has 0 atom stereocenters. The average molecular weight is 400 g/mol. The lowest BCUT2D eigenvalue weighted by atomic mass is 9.69. The molecule has 0 unspecified atom stereocenters. The van der Waals surface area contributed by atoms with Gasteiger partial charge in [0, 0.05) is 22.4 Å². The Morgan fingerprint density at radius 1 is 1.07 bits per heavy atom. The number of hydrogen-bond donors (Lipinski definition) is 0. The molecular weight excluding hydrogens is 371 g/mol. The van der Waals surface area contributed by atoms with Gasteiger partial charge >= 0.3 is 7.12 Å². The molecule has 0 aliphatic carbocycles. The van der Waals surface area contributed by atoms with Gasteiger partial charge in [-0.05, 0) is 49.9 Å². The maximum Gasteiger partial charge on any atom is 0.499 e. The third-order valence-corrected chi connectivity index (χ3v) is 6.46. The molecule has 1 saturated heterocycles. The SMILES string of the molecule is COc1ccc(COc2cccc(SC)c2B2OCC(C)(C)C(C)(C)O2)cc1. The van der Waals surface area contributed by atoms with Crippen molar-refractivity contribution in [2.24, 2.45) is 5.41 Å². The molecule has 1 fully saturated rings. The molecule has 2 aromatic rings. The van der Waals surface area contributed by atoms with Gasteiger partial charge in [0.1, 0.15) is 18.1 Å². The Hall–Kier alpha value is -1.63. The number of thioether (sulfide) groups is 1. The summed E-state index contributed by atoms with van der Waals surface area (Å²) < 4.78 is 24.0. The Kier molecular flexibility index (Phi) is 6.32. The molecule has 0 spiro atoms. The third-order valence-electron chi connectivity index (χ3n) is 5.66. The fourth-order valence-electron chi connectivity index (χ4n) is 3.00. The Bertz CT molecular complexity index is 805. The van der Waals surface area contributed by atoms with Crippen LogP contribution in [0.4, 0.5) is 0 Å². The van der Waals surface area contributed by atoms with E-state index in [4.69, 9.17) is 18.8 Å². The molecule has 6 heteroatoms. The summed E-state index contributed by atoms with van der Waals surface area (Å²) >= 11 is 1.67. The van der Waals surface area contributed by atoms with Crippen molar-refractivity contribution in [3.63, 3.8) is 0 Å². The Morgan fingerprint density at radius 3 is 2.39 bits per heavy atom. The Balaban J connectivity index is 1.84. The lowest BCUT2D eigenvalue weighted by molar-refractivity contribution is -0.0939. The monoisotopic (exact) mass is 400 g/mol. The summed E-state index contributed by atoms with van der Waals surface area (Å²) in [6, 6.07) is 14.0. The molecule has 0 bridgehead atoms. The molecule has 0 amide bonds. The summed E-state index contributed by atoms with van der Waals surface area (Å²) in [5.41, 5.74) is 1.66. The van der Waals surface area contributed by atoms with E-state index >= 15 is 0 Å². The van der Waals surface area contributed by atoms with Crippen molar-refractivity contribution in [3.8, 4) is 11.5 Å². The number of rotatable bonds is 6. The zero-order valence-electron chi connectivity index (χ0n) is 17.6. The molecule has 150 valence electrons. The van der Waals surface area contributed by atoms with Crippen molar-refractivity contribution >= 4 is 24.3 Å². The topological polar surface area (TPSA) is 36.9 Å². The number of ether oxygens (including phenoxy) is 2. The molecule has 1 heterocycles. The van der Waals surface area contributed by atoms with Gasteiger partial charge in [0.15, 0.2) is 0 Å². The van der Waals surface area contributed by atoms with Crippen molar-refractivity contribution in [2.75, 3.05) is 20.0 Å². The number of hydrogen-bond acceptors (Lipinski definition) is 5. The second-order valence-electron chi connectivity index (χ2n) is 8.16. The van der Waals surface area contributed by atoms with Crippen LogP contribution in [0.25, 0.3) is 0 Å². The van der Waals surface area contributed by atoms with Crippen molar-refractivity contribution in [1.29, 1.82) is 0 Å². The van der Waals surface area contributed by atoms with Gasteiger partial charge in [-0.15, -0.1) is 11.8 Å². The first-order valence-corrected chi connectivity index (χ1v) is 10.7. The highest BCUT2D eigenvalue weighted by Gasteiger charge is 2.48. The minimum atomic E-state index is -0.447. The van der Waals surface area contributed by atoms with E-state index in [-0.39, 0.29) is 11.0 Å². The van der Waals surface area contributed by atoms with Gasteiger partial charge in [0.2, 0.25) is 0 Å². The highest BCUT2D eigenvalue weighted by atomic mass is 32.2. The quantitative estimate of drug-likeness (QED) is 0.526. The van der Waals surface area contributed by atoms with Crippen LogP contribution in [-0.2, 0) is 15.9 Å². The zero-order valence-corrected chi connectivity index (χ0v) is 18.4. The summed E-state index contributed by atoms with van der Waals surface area (Å²) in [6.07, 6.45) is 2.06. The van der Waals surface area contributed by atoms with E-state index in [2.05, 4.69) is 40.0 Å². The second kappa shape index (κ2) is 8.40. The van der Waals surface area contributed by atoms with Crippen molar-refractivity contribution in [1.82, 2.24) is 0 Å². The fourth-order valence-corrected chi connectivity index (χ4v) is 3.64. The molecular formula is C22H29BO4S. The van der Waals surface area contributed by atoms with Crippen molar-refractivity contribution in [3.05, 3.63) is 48.0 Å². The van der Waals surface area contributed by atoms with Crippen LogP contribution in [0.3, 0.4) is 0 Å². The standard InChI is InChI=1S/C22H29BO4S/c1-21(2)15-26-23(27-22(21,3)4)20-18(8-7-9-19(20)28-6)25-14-16-10-12-17(24-5)13-11-16/h7-13H,14-15H2,1-6H3. The van der Waals surface area contributed by atoms with Crippen molar-refractivity contribution in [2.45, 2.75) is 44.8 Å². The zero-order chi connectivity index (χ0) is 20.4. The third kappa shape index (κ3) is 4.34. The van der Waals surface area contributed by atoms with Crippen LogP contribution in [0.5, 0.6) is 11.5 Å². The van der Waals surface area contributed by atoms with Crippen LogP contribution in [0.1, 0.15) is 33.3 Å². The van der Waals surface area contributed by atoms with Gasteiger partial charge in [-0.2, -0.15) is 0 Å². The Labute approximate surface area is 173 Å². The Morgan fingerprint density at radius 2 is 1.79 bits per heavy atom. The first kappa shape index (κ1) is 21.1.